The Morgan fingerprint density at radius 1 is 1.00 bits per heavy atom. The number of hydrogen-bond donors (Lipinski definition) is 2. The van der Waals surface area contributed by atoms with E-state index in [1.807, 2.05) is 0 Å². The Morgan fingerprint density at radius 2 is 1.62 bits per heavy atom. The highest BCUT2D eigenvalue weighted by Crippen LogP contribution is 2.31. The Balaban J connectivity index is 1.51. The van der Waals surface area contributed by atoms with Gasteiger partial charge >= 0.3 is 5.97 Å². The van der Waals surface area contributed by atoms with Crippen LogP contribution in [0.2, 0.25) is 0 Å². The van der Waals surface area contributed by atoms with Crippen molar-refractivity contribution in [2.24, 2.45) is 11.8 Å². The van der Waals surface area contributed by atoms with Crippen molar-refractivity contribution in [1.82, 2.24) is 9.62 Å². The van der Waals surface area contributed by atoms with Crippen molar-refractivity contribution in [3.05, 3.63) is 30.3 Å². The van der Waals surface area contributed by atoms with E-state index in [0.717, 1.165) is 0 Å². The number of carboxylic acids is 1. The van der Waals surface area contributed by atoms with Crippen LogP contribution in [0.25, 0.3) is 0 Å². The number of nitrogens with zero attached hydrogens (tertiary/aromatic N) is 1. The normalized spacial score (nSPS) is 25.1. The van der Waals surface area contributed by atoms with Crippen LogP contribution in [0.4, 0.5) is 0 Å². The number of carbonyl (C=O) groups excluding carboxylic acids is 1. The van der Waals surface area contributed by atoms with Gasteiger partial charge in [0, 0.05) is 25.0 Å². The number of benzene rings is 1. The molecule has 2 unspecified atom stereocenters. The number of rotatable bonds is 5. The van der Waals surface area contributed by atoms with Crippen molar-refractivity contribution in [3.8, 4) is 0 Å². The fraction of sp³-hybridized carbons (Fsp3) is 0.556. The summed E-state index contributed by atoms with van der Waals surface area (Å²) in [7, 11) is -3.49. The Kier molecular flexibility index (Phi) is 5.62. The second kappa shape index (κ2) is 7.75. The quantitative estimate of drug-likeness (QED) is 0.805. The van der Waals surface area contributed by atoms with Gasteiger partial charge in [-0.3, -0.25) is 9.59 Å². The first-order valence-corrected chi connectivity index (χ1v) is 10.4. The molecule has 2 aliphatic rings. The summed E-state index contributed by atoms with van der Waals surface area (Å²) in [6.07, 6.45) is 2.66. The van der Waals surface area contributed by atoms with E-state index in [1.165, 1.54) is 4.31 Å². The van der Waals surface area contributed by atoms with E-state index in [0.29, 0.717) is 45.2 Å². The van der Waals surface area contributed by atoms with E-state index in [-0.39, 0.29) is 22.8 Å². The van der Waals surface area contributed by atoms with Gasteiger partial charge in [0.15, 0.2) is 0 Å². The van der Waals surface area contributed by atoms with E-state index >= 15 is 0 Å². The van der Waals surface area contributed by atoms with Crippen molar-refractivity contribution < 1.29 is 23.1 Å². The fourth-order valence-electron chi connectivity index (χ4n) is 3.75. The number of piperidine rings is 1. The summed E-state index contributed by atoms with van der Waals surface area (Å²) in [6.45, 7) is 0.731. The average molecular weight is 380 g/mol. The van der Waals surface area contributed by atoms with Gasteiger partial charge < -0.3 is 10.4 Å². The maximum absolute atomic E-state index is 12.6. The molecule has 2 N–H and O–H groups in total. The summed E-state index contributed by atoms with van der Waals surface area (Å²) in [5.41, 5.74) is 0. The molecule has 2 fully saturated rings. The molecule has 1 saturated heterocycles. The van der Waals surface area contributed by atoms with Gasteiger partial charge in [-0.2, -0.15) is 4.31 Å². The third kappa shape index (κ3) is 4.07. The second-order valence-corrected chi connectivity index (χ2v) is 8.98. The van der Waals surface area contributed by atoms with Crippen LogP contribution in [0.1, 0.15) is 32.1 Å². The molecule has 1 saturated carbocycles. The lowest BCUT2D eigenvalue weighted by molar-refractivity contribution is -0.141. The zero-order valence-corrected chi connectivity index (χ0v) is 15.3. The van der Waals surface area contributed by atoms with Gasteiger partial charge in [-0.25, -0.2) is 8.42 Å². The topological polar surface area (TPSA) is 104 Å². The fourth-order valence-corrected chi connectivity index (χ4v) is 5.24. The molecular weight excluding hydrogens is 356 g/mol. The lowest BCUT2D eigenvalue weighted by Gasteiger charge is -2.32. The first-order chi connectivity index (χ1) is 12.4. The Morgan fingerprint density at radius 3 is 2.19 bits per heavy atom. The molecule has 0 spiro atoms. The molecule has 7 nitrogen and oxygen atoms in total. The van der Waals surface area contributed by atoms with Crippen LogP contribution < -0.4 is 5.32 Å². The maximum Gasteiger partial charge on any atom is 0.306 e. The van der Waals surface area contributed by atoms with Crippen molar-refractivity contribution in [2.45, 2.75) is 43.0 Å². The summed E-state index contributed by atoms with van der Waals surface area (Å²) in [6, 6.07) is 8.29. The highest BCUT2D eigenvalue weighted by Gasteiger charge is 2.35. The minimum absolute atomic E-state index is 0.0615. The highest BCUT2D eigenvalue weighted by molar-refractivity contribution is 7.89. The van der Waals surface area contributed by atoms with Crippen molar-refractivity contribution in [3.63, 3.8) is 0 Å². The van der Waals surface area contributed by atoms with Crippen molar-refractivity contribution in [1.29, 1.82) is 0 Å². The first-order valence-electron chi connectivity index (χ1n) is 8.96. The standard InChI is InChI=1S/C18H24N2O5S/c21-17(13-6-7-14(12-13)18(22)23)19-15-8-10-20(11-9-15)26(24,25)16-4-2-1-3-5-16/h1-5,13-15H,6-12H2,(H,19,21)(H,22,23). The predicted octanol–water partition coefficient (Wildman–Crippen LogP) is 1.46. The van der Waals surface area contributed by atoms with E-state index in [2.05, 4.69) is 5.32 Å². The van der Waals surface area contributed by atoms with Gasteiger partial charge in [0.1, 0.15) is 0 Å². The largest absolute Gasteiger partial charge is 0.481 e. The molecule has 1 aliphatic heterocycles. The molecule has 8 heteroatoms. The SMILES string of the molecule is O=C(O)C1CCC(C(=O)NC2CCN(S(=O)(=O)c3ccccc3)CC2)C1. The second-order valence-electron chi connectivity index (χ2n) is 7.05. The summed E-state index contributed by atoms with van der Waals surface area (Å²) >= 11 is 0. The molecular formula is C18H24N2O5S. The molecule has 1 aliphatic carbocycles. The van der Waals surface area contributed by atoms with Gasteiger partial charge in [-0.15, -0.1) is 0 Å². The number of hydrogen-bond acceptors (Lipinski definition) is 4. The number of sulfonamides is 1. The zero-order chi connectivity index (χ0) is 18.7. The van der Waals surface area contributed by atoms with Crippen LogP contribution in [-0.2, 0) is 19.6 Å². The van der Waals surface area contributed by atoms with Gasteiger partial charge in [-0.05, 0) is 44.2 Å². The van der Waals surface area contributed by atoms with E-state index in [9.17, 15) is 18.0 Å². The van der Waals surface area contributed by atoms with Crippen LogP contribution in [0.3, 0.4) is 0 Å². The molecule has 142 valence electrons. The van der Waals surface area contributed by atoms with Gasteiger partial charge in [0.05, 0.1) is 10.8 Å². The van der Waals surface area contributed by atoms with Crippen LogP contribution >= 0.6 is 0 Å². The predicted molar refractivity (Wildman–Crippen MR) is 94.8 cm³/mol. The number of nitrogens with one attached hydrogen (secondary N) is 1. The molecule has 26 heavy (non-hydrogen) atoms. The minimum atomic E-state index is -3.49. The molecule has 0 radical (unpaired) electrons. The van der Waals surface area contributed by atoms with Crippen LogP contribution in [0.5, 0.6) is 0 Å². The van der Waals surface area contributed by atoms with Gasteiger partial charge in [-0.1, -0.05) is 18.2 Å². The van der Waals surface area contributed by atoms with Crippen LogP contribution in [0.15, 0.2) is 35.2 Å². The van der Waals surface area contributed by atoms with E-state index in [4.69, 9.17) is 5.11 Å². The Labute approximate surface area is 153 Å². The number of amides is 1. The summed E-state index contributed by atoms with van der Waals surface area (Å²) in [4.78, 5) is 23.6. The summed E-state index contributed by atoms with van der Waals surface area (Å²) in [5, 5.41) is 12.0. The molecule has 1 amide bonds. The van der Waals surface area contributed by atoms with E-state index in [1.54, 1.807) is 30.3 Å². The zero-order valence-electron chi connectivity index (χ0n) is 14.5. The Hall–Kier alpha value is -1.93. The molecule has 3 rings (SSSR count). The third-order valence-corrected chi connectivity index (χ3v) is 7.25. The molecule has 0 bridgehead atoms. The number of carbonyl (C=O) groups is 2. The number of carboxylic acid groups (broad SMARTS) is 1. The van der Waals surface area contributed by atoms with Crippen molar-refractivity contribution >= 4 is 21.9 Å². The number of aliphatic carboxylic acids is 1. The monoisotopic (exact) mass is 380 g/mol. The lowest BCUT2D eigenvalue weighted by atomic mass is 10.0. The third-order valence-electron chi connectivity index (χ3n) is 5.33. The smallest absolute Gasteiger partial charge is 0.306 e. The first kappa shape index (κ1) is 18.8. The lowest BCUT2D eigenvalue weighted by Crippen LogP contribution is -2.47. The van der Waals surface area contributed by atoms with Gasteiger partial charge in [0.2, 0.25) is 15.9 Å². The molecule has 1 aromatic rings. The molecule has 0 aromatic heterocycles. The van der Waals surface area contributed by atoms with Crippen molar-refractivity contribution in [2.75, 3.05) is 13.1 Å². The van der Waals surface area contributed by atoms with Gasteiger partial charge in [0.25, 0.3) is 0 Å². The molecule has 1 heterocycles. The maximum atomic E-state index is 12.6. The summed E-state index contributed by atoms with van der Waals surface area (Å²) < 4.78 is 26.7. The molecule has 1 aromatic carbocycles. The average Bonchev–Trinajstić information content (AvgIpc) is 3.13. The molecule has 2 atom stereocenters. The minimum Gasteiger partial charge on any atom is -0.481 e. The summed E-state index contributed by atoms with van der Waals surface area (Å²) in [5.74, 6) is -1.61. The van der Waals surface area contributed by atoms with E-state index < -0.39 is 21.9 Å². The Bertz CT molecular complexity index is 757. The van der Waals surface area contributed by atoms with Crippen LogP contribution in [-0.4, -0.2) is 48.8 Å². The highest BCUT2D eigenvalue weighted by atomic mass is 32.2. The van der Waals surface area contributed by atoms with Crippen LogP contribution in [0, 0.1) is 11.8 Å².